The van der Waals surface area contributed by atoms with Gasteiger partial charge in [0.2, 0.25) is 0 Å². The highest BCUT2D eigenvalue weighted by Gasteiger charge is 2.51. The Balaban J connectivity index is 0.00000122. The number of Topliss-reactive ketones (excluding diaryl/α,β-unsaturated/α-hetero) is 1. The Kier molecular flexibility index (Phi) is 4.94. The lowest BCUT2D eigenvalue weighted by Gasteiger charge is -2.13. The van der Waals surface area contributed by atoms with E-state index in [1.807, 2.05) is 29.8 Å². The highest BCUT2D eigenvalue weighted by molar-refractivity contribution is 7.22. The largest absolute Gasteiger partial charge is 0.316 e. The summed E-state index contributed by atoms with van der Waals surface area (Å²) in [5.41, 5.74) is 3.61. The van der Waals surface area contributed by atoms with Gasteiger partial charge in [-0.1, -0.05) is 0 Å². The molecule has 0 bridgehead atoms. The molecule has 0 amide bonds. The van der Waals surface area contributed by atoms with E-state index in [0.717, 1.165) is 58.9 Å². The van der Waals surface area contributed by atoms with Crippen molar-refractivity contribution in [1.29, 1.82) is 0 Å². The second-order valence-electron chi connectivity index (χ2n) is 8.85. The predicted molar refractivity (Wildman–Crippen MR) is 126 cm³/mol. The molecular weight excluding hydrogens is 412 g/mol. The van der Waals surface area contributed by atoms with E-state index in [2.05, 4.69) is 15.6 Å². The summed E-state index contributed by atoms with van der Waals surface area (Å²) in [6, 6.07) is 2.03. The van der Waals surface area contributed by atoms with Gasteiger partial charge in [0.15, 0.2) is 0 Å². The summed E-state index contributed by atoms with van der Waals surface area (Å²) >= 11 is 3.55. The summed E-state index contributed by atoms with van der Waals surface area (Å²) in [4.78, 5) is 24.6. The molecule has 3 aromatic heterocycles. The maximum absolute atomic E-state index is 12.9. The van der Waals surface area contributed by atoms with Crippen molar-refractivity contribution in [3.8, 4) is 10.6 Å². The molecular formula is C23H30N4OS2. The Morgan fingerprint density at radius 1 is 1.23 bits per heavy atom. The number of thiophene rings is 1. The van der Waals surface area contributed by atoms with E-state index in [9.17, 15) is 4.79 Å². The van der Waals surface area contributed by atoms with Gasteiger partial charge in [-0.25, -0.2) is 4.98 Å². The highest BCUT2D eigenvalue weighted by Crippen LogP contribution is 2.51. The molecule has 5 heterocycles. The van der Waals surface area contributed by atoms with Crippen LogP contribution in [0.4, 0.5) is 0 Å². The lowest BCUT2D eigenvalue weighted by molar-refractivity contribution is -0.118. The quantitative estimate of drug-likeness (QED) is 0.571. The Morgan fingerprint density at radius 3 is 3.00 bits per heavy atom. The molecule has 0 radical (unpaired) electrons. The van der Waals surface area contributed by atoms with Crippen LogP contribution in [0.25, 0.3) is 20.8 Å². The molecule has 3 aliphatic rings. The average molecular weight is 443 g/mol. The predicted octanol–water partition coefficient (Wildman–Crippen LogP) is 4.30. The van der Waals surface area contributed by atoms with E-state index in [1.165, 1.54) is 40.4 Å². The van der Waals surface area contributed by atoms with Crippen molar-refractivity contribution in [1.82, 2.24) is 20.6 Å². The zero-order valence-corrected chi connectivity index (χ0v) is 18.6. The Morgan fingerprint density at radius 2 is 2.13 bits per heavy atom. The Bertz CT molecular complexity index is 1070. The molecule has 0 spiro atoms. The fourth-order valence-electron chi connectivity index (χ4n) is 5.43. The number of piperidine rings is 1. The highest BCUT2D eigenvalue weighted by atomic mass is 32.1. The number of nitrogens with zero attached hydrogens (tertiary/aromatic N) is 2. The average Bonchev–Trinajstić information content (AvgIpc) is 3.18. The minimum Gasteiger partial charge on any atom is -0.316 e. The van der Waals surface area contributed by atoms with Crippen molar-refractivity contribution in [2.45, 2.75) is 38.6 Å². The fraction of sp³-hybridized carbons (Fsp3) is 0.522. The summed E-state index contributed by atoms with van der Waals surface area (Å²) in [7, 11) is 0. The van der Waals surface area contributed by atoms with Gasteiger partial charge < -0.3 is 10.6 Å². The molecule has 30 heavy (non-hydrogen) atoms. The van der Waals surface area contributed by atoms with E-state index in [4.69, 9.17) is 4.98 Å². The molecule has 2 aliphatic heterocycles. The molecule has 1 aliphatic carbocycles. The maximum atomic E-state index is 12.9. The van der Waals surface area contributed by atoms with Gasteiger partial charge in [0, 0.05) is 43.8 Å². The van der Waals surface area contributed by atoms with Crippen LogP contribution < -0.4 is 10.6 Å². The second kappa shape index (κ2) is 7.79. The van der Waals surface area contributed by atoms with Gasteiger partial charge in [0.05, 0.1) is 10.9 Å². The van der Waals surface area contributed by atoms with Gasteiger partial charge in [0.25, 0.3) is 0 Å². The van der Waals surface area contributed by atoms with Gasteiger partial charge >= 0.3 is 0 Å². The number of carbonyl (C=O) groups excluding carboxylic acids is 1. The third-order valence-electron chi connectivity index (χ3n) is 7.02. The number of aromatic nitrogens is 2. The van der Waals surface area contributed by atoms with Crippen molar-refractivity contribution in [2.24, 2.45) is 17.8 Å². The van der Waals surface area contributed by atoms with Crippen molar-refractivity contribution in [3.63, 3.8) is 0 Å². The first-order chi connectivity index (χ1) is 14.8. The molecule has 0 aromatic carbocycles. The van der Waals surface area contributed by atoms with E-state index in [1.54, 1.807) is 11.3 Å². The number of thiazole rings is 1. The normalized spacial score (nSPS) is 24.7. The van der Waals surface area contributed by atoms with Crippen molar-refractivity contribution < 1.29 is 7.65 Å². The van der Waals surface area contributed by atoms with E-state index in [-0.39, 0.29) is 2.85 Å². The smallest absolute Gasteiger partial charge is 0.138 e. The van der Waals surface area contributed by atoms with Gasteiger partial charge in [-0.2, -0.15) is 0 Å². The topological polar surface area (TPSA) is 66.9 Å². The third-order valence-corrected chi connectivity index (χ3v) is 9.31. The van der Waals surface area contributed by atoms with Crippen LogP contribution >= 0.6 is 22.7 Å². The monoisotopic (exact) mass is 442 g/mol. The first-order valence-corrected chi connectivity index (χ1v) is 12.7. The van der Waals surface area contributed by atoms with Crippen LogP contribution in [0.2, 0.25) is 0 Å². The number of hydrogen-bond acceptors (Lipinski definition) is 7. The van der Waals surface area contributed by atoms with Crippen LogP contribution in [0.15, 0.2) is 18.5 Å². The number of rotatable bonds is 7. The lowest BCUT2D eigenvalue weighted by atomic mass is 10.00. The number of carbonyl (C=O) groups is 1. The molecule has 1 saturated carbocycles. The Hall–Kier alpha value is -1.67. The molecule has 1 saturated heterocycles. The van der Waals surface area contributed by atoms with E-state index >= 15 is 0 Å². The first-order valence-electron chi connectivity index (χ1n) is 11.1. The number of pyridine rings is 1. The van der Waals surface area contributed by atoms with Crippen LogP contribution in [0, 0.1) is 17.8 Å². The van der Waals surface area contributed by atoms with Crippen LogP contribution in [0.3, 0.4) is 0 Å². The minimum absolute atomic E-state index is 0. The maximum Gasteiger partial charge on any atom is 0.138 e. The fourth-order valence-corrected chi connectivity index (χ4v) is 7.88. The molecule has 3 aromatic rings. The number of fused-ring (bicyclic) bond motifs is 3. The third kappa shape index (κ3) is 3.42. The number of hydrogen-bond donors (Lipinski definition) is 2. The van der Waals surface area contributed by atoms with Crippen LogP contribution in [0.5, 0.6) is 0 Å². The minimum atomic E-state index is 0. The molecule has 2 N–H and O–H groups in total. The van der Waals surface area contributed by atoms with E-state index < -0.39 is 0 Å². The molecule has 5 nitrogen and oxygen atoms in total. The van der Waals surface area contributed by atoms with Crippen molar-refractivity contribution in [2.75, 3.05) is 19.6 Å². The first kappa shape index (κ1) is 19.0. The zero-order valence-electron chi connectivity index (χ0n) is 16.9. The zero-order chi connectivity index (χ0) is 20.1. The molecule has 2 fully saturated rings. The summed E-state index contributed by atoms with van der Waals surface area (Å²) in [5.74, 6) is 3.06. The standard InChI is InChI=1S/C23H26N4OS2.2H2/c28-13(2-1-3-14-16-9-26-10-17(14)16)8-20-22(15-4-6-25-12-21(15)29-20)23-27-18-11-24-7-5-19(18)30-23;;/h5,7,11,14,16-17,25-26H,1-4,6,8-10,12H2;2*1H/t14?,16-,17+;;. The van der Waals surface area contributed by atoms with Gasteiger partial charge in [-0.05, 0) is 68.3 Å². The molecule has 6 rings (SSSR count). The van der Waals surface area contributed by atoms with E-state index in [0.29, 0.717) is 18.6 Å². The molecule has 160 valence electrons. The van der Waals surface area contributed by atoms with Crippen LogP contribution in [-0.2, 0) is 24.2 Å². The lowest BCUT2D eigenvalue weighted by Crippen LogP contribution is -2.22. The molecule has 3 atom stereocenters. The SMILES string of the molecule is O=C(CCCC1[C@H]2CNC[C@@H]12)Cc1sc2c(c1-c1nc3cnccc3s1)CCNC2.[HH].[HH]. The molecule has 1 unspecified atom stereocenters. The van der Waals surface area contributed by atoms with Crippen molar-refractivity contribution >= 4 is 38.7 Å². The molecule has 7 heteroatoms. The number of ketones is 1. The Labute approximate surface area is 187 Å². The summed E-state index contributed by atoms with van der Waals surface area (Å²) in [5, 5.41) is 7.99. The summed E-state index contributed by atoms with van der Waals surface area (Å²) in [6.45, 7) is 4.29. The second-order valence-corrected chi connectivity index (χ2v) is 11.1. The van der Waals surface area contributed by atoms with Gasteiger partial charge in [0.1, 0.15) is 16.3 Å². The van der Waals surface area contributed by atoms with Crippen molar-refractivity contribution in [3.05, 3.63) is 33.8 Å². The van der Waals surface area contributed by atoms with Crippen LogP contribution in [0.1, 0.15) is 37.4 Å². The van der Waals surface area contributed by atoms with Crippen LogP contribution in [-0.4, -0.2) is 35.4 Å². The number of nitrogens with one attached hydrogen (secondary N) is 2. The van der Waals surface area contributed by atoms with Gasteiger partial charge in [-0.15, -0.1) is 22.7 Å². The summed E-state index contributed by atoms with van der Waals surface area (Å²) in [6.07, 6.45) is 8.22. The summed E-state index contributed by atoms with van der Waals surface area (Å²) < 4.78 is 1.16. The van der Waals surface area contributed by atoms with Gasteiger partial charge in [-0.3, -0.25) is 9.78 Å².